The summed E-state index contributed by atoms with van der Waals surface area (Å²) in [4.78, 5) is 20.1. The summed E-state index contributed by atoms with van der Waals surface area (Å²) in [5.41, 5.74) is 2.30. The van der Waals surface area contributed by atoms with Crippen LogP contribution in [0.3, 0.4) is 0 Å². The number of hydrogen-bond acceptors (Lipinski definition) is 5. The van der Waals surface area contributed by atoms with E-state index in [-0.39, 0.29) is 5.91 Å². The van der Waals surface area contributed by atoms with Crippen molar-refractivity contribution in [3.05, 3.63) is 35.5 Å². The lowest BCUT2D eigenvalue weighted by Gasteiger charge is -2.04. The monoisotopic (exact) mass is 274 g/mol. The molecule has 0 radical (unpaired) electrons. The second-order valence-electron chi connectivity index (χ2n) is 4.35. The molecule has 0 aliphatic heterocycles. The molecule has 2 rings (SSSR count). The Bertz CT molecular complexity index is 589. The van der Waals surface area contributed by atoms with E-state index < -0.39 is 0 Å². The first kappa shape index (κ1) is 14.0. The minimum Gasteiger partial charge on any atom is -0.372 e. The predicted molar refractivity (Wildman–Crippen MR) is 75.3 cm³/mol. The van der Waals surface area contributed by atoms with E-state index in [9.17, 15) is 4.79 Å². The van der Waals surface area contributed by atoms with Gasteiger partial charge in [0.05, 0.1) is 18.1 Å². The summed E-state index contributed by atoms with van der Waals surface area (Å²) in [5, 5.41) is 10.0. The molecule has 20 heavy (non-hydrogen) atoms. The third-order valence-corrected chi connectivity index (χ3v) is 2.91. The largest absolute Gasteiger partial charge is 0.372 e. The van der Waals surface area contributed by atoms with E-state index in [2.05, 4.69) is 25.7 Å². The van der Waals surface area contributed by atoms with Crippen LogP contribution in [0, 0.1) is 0 Å². The van der Waals surface area contributed by atoms with Gasteiger partial charge in [-0.25, -0.2) is 9.97 Å². The topological polar surface area (TPSA) is 84.7 Å². The zero-order valence-electron chi connectivity index (χ0n) is 11.8. The summed E-state index contributed by atoms with van der Waals surface area (Å²) in [6, 6.07) is 0. The maximum atomic E-state index is 12.0. The van der Waals surface area contributed by atoms with Crippen LogP contribution in [0.25, 0.3) is 0 Å². The van der Waals surface area contributed by atoms with Crippen LogP contribution in [-0.4, -0.2) is 32.7 Å². The quantitative estimate of drug-likeness (QED) is 0.840. The second kappa shape index (κ2) is 6.14. The molecule has 2 N–H and O–H groups in total. The first-order valence-electron chi connectivity index (χ1n) is 6.43. The Kier molecular flexibility index (Phi) is 4.29. The Labute approximate surface area is 117 Å². The van der Waals surface area contributed by atoms with Gasteiger partial charge in [0.25, 0.3) is 5.91 Å². The van der Waals surface area contributed by atoms with E-state index in [1.807, 2.05) is 20.2 Å². The number of nitrogens with zero attached hydrogens (tertiary/aromatic N) is 4. The van der Waals surface area contributed by atoms with Crippen molar-refractivity contribution in [2.45, 2.75) is 19.9 Å². The van der Waals surface area contributed by atoms with Gasteiger partial charge in [-0.2, -0.15) is 5.10 Å². The summed E-state index contributed by atoms with van der Waals surface area (Å²) in [5.74, 6) is 0.383. The van der Waals surface area contributed by atoms with Gasteiger partial charge in [-0.1, -0.05) is 6.92 Å². The number of amides is 1. The van der Waals surface area contributed by atoms with Crippen molar-refractivity contribution in [2.24, 2.45) is 7.05 Å². The van der Waals surface area contributed by atoms with Crippen LogP contribution in [0.4, 0.5) is 5.82 Å². The highest BCUT2D eigenvalue weighted by Crippen LogP contribution is 2.07. The Morgan fingerprint density at radius 3 is 2.75 bits per heavy atom. The predicted octanol–water partition coefficient (Wildman–Crippen LogP) is 0.744. The SMILES string of the molecule is CCc1nn(C)cc1CNC(=O)c1cnc(NC)cn1. The molecule has 2 aromatic heterocycles. The van der Waals surface area contributed by atoms with E-state index in [1.54, 1.807) is 11.7 Å². The van der Waals surface area contributed by atoms with Gasteiger partial charge in [-0.3, -0.25) is 9.48 Å². The van der Waals surface area contributed by atoms with Gasteiger partial charge in [0.15, 0.2) is 0 Å². The lowest BCUT2D eigenvalue weighted by molar-refractivity contribution is 0.0945. The van der Waals surface area contributed by atoms with Crippen molar-refractivity contribution >= 4 is 11.7 Å². The van der Waals surface area contributed by atoms with Crippen molar-refractivity contribution in [3.63, 3.8) is 0 Å². The molecule has 0 bridgehead atoms. The fourth-order valence-corrected chi connectivity index (χ4v) is 1.87. The molecule has 7 heteroatoms. The zero-order valence-corrected chi connectivity index (χ0v) is 11.8. The van der Waals surface area contributed by atoms with E-state index in [4.69, 9.17) is 0 Å². The van der Waals surface area contributed by atoms with Crippen molar-refractivity contribution in [1.82, 2.24) is 25.1 Å². The summed E-state index contributed by atoms with van der Waals surface area (Å²) >= 11 is 0. The maximum absolute atomic E-state index is 12.0. The fraction of sp³-hybridized carbons (Fsp3) is 0.385. The highest BCUT2D eigenvalue weighted by atomic mass is 16.1. The number of hydrogen-bond donors (Lipinski definition) is 2. The Balaban J connectivity index is 2.00. The molecule has 0 aliphatic carbocycles. The molecular formula is C13H18N6O. The van der Waals surface area contributed by atoms with E-state index in [0.29, 0.717) is 18.1 Å². The molecule has 0 unspecified atom stereocenters. The summed E-state index contributed by atoms with van der Waals surface area (Å²) in [6.07, 6.45) is 5.72. The van der Waals surface area contributed by atoms with Gasteiger partial charge in [-0.05, 0) is 6.42 Å². The molecule has 0 atom stereocenters. The van der Waals surface area contributed by atoms with Crippen molar-refractivity contribution in [2.75, 3.05) is 12.4 Å². The van der Waals surface area contributed by atoms with Crippen LogP contribution >= 0.6 is 0 Å². The van der Waals surface area contributed by atoms with Gasteiger partial charge >= 0.3 is 0 Å². The third-order valence-electron chi connectivity index (χ3n) is 2.91. The standard InChI is InChI=1S/C13H18N6O/c1-4-10-9(8-19(3)18-10)5-17-13(20)11-6-16-12(14-2)7-15-11/h6-8H,4-5H2,1-3H3,(H,14,16)(H,17,20). The van der Waals surface area contributed by atoms with Crippen molar-refractivity contribution in [3.8, 4) is 0 Å². The summed E-state index contributed by atoms with van der Waals surface area (Å²) in [6.45, 7) is 2.47. The van der Waals surface area contributed by atoms with Gasteiger partial charge < -0.3 is 10.6 Å². The lowest BCUT2D eigenvalue weighted by atomic mass is 10.2. The second-order valence-corrected chi connectivity index (χ2v) is 4.35. The van der Waals surface area contributed by atoms with Crippen LogP contribution in [0.5, 0.6) is 0 Å². The number of aromatic nitrogens is 4. The Morgan fingerprint density at radius 2 is 2.15 bits per heavy atom. The summed E-state index contributed by atoms with van der Waals surface area (Å²) in [7, 11) is 3.62. The average molecular weight is 274 g/mol. The number of nitrogens with one attached hydrogen (secondary N) is 2. The number of carbonyl (C=O) groups excluding carboxylic acids is 1. The van der Waals surface area contributed by atoms with Gasteiger partial charge in [0, 0.05) is 32.4 Å². The Hall–Kier alpha value is -2.44. The fourth-order valence-electron chi connectivity index (χ4n) is 1.87. The Morgan fingerprint density at radius 1 is 1.35 bits per heavy atom. The van der Waals surface area contributed by atoms with Gasteiger partial charge in [0.2, 0.25) is 0 Å². The van der Waals surface area contributed by atoms with E-state index >= 15 is 0 Å². The normalized spacial score (nSPS) is 10.3. The highest BCUT2D eigenvalue weighted by molar-refractivity contribution is 5.91. The molecule has 0 fully saturated rings. The van der Waals surface area contributed by atoms with Gasteiger partial charge in [0.1, 0.15) is 11.5 Å². The molecule has 0 saturated carbocycles. The number of aryl methyl sites for hydroxylation is 2. The molecule has 0 saturated heterocycles. The summed E-state index contributed by atoms with van der Waals surface area (Å²) < 4.78 is 1.75. The third kappa shape index (κ3) is 3.11. The molecule has 0 aliphatic rings. The zero-order chi connectivity index (χ0) is 14.5. The van der Waals surface area contributed by atoms with Crippen LogP contribution in [0.15, 0.2) is 18.6 Å². The number of rotatable bonds is 5. The average Bonchev–Trinajstić information content (AvgIpc) is 2.85. The lowest BCUT2D eigenvalue weighted by Crippen LogP contribution is -2.24. The van der Waals surface area contributed by atoms with Gasteiger partial charge in [-0.15, -0.1) is 0 Å². The van der Waals surface area contributed by atoms with Crippen LogP contribution in [-0.2, 0) is 20.0 Å². The smallest absolute Gasteiger partial charge is 0.271 e. The minimum absolute atomic E-state index is 0.244. The first-order valence-corrected chi connectivity index (χ1v) is 6.43. The van der Waals surface area contributed by atoms with Crippen LogP contribution < -0.4 is 10.6 Å². The molecule has 0 spiro atoms. The maximum Gasteiger partial charge on any atom is 0.271 e. The number of carbonyl (C=O) groups is 1. The van der Waals surface area contributed by atoms with E-state index in [1.165, 1.54) is 12.4 Å². The molecule has 0 aromatic carbocycles. The van der Waals surface area contributed by atoms with Crippen molar-refractivity contribution in [1.29, 1.82) is 0 Å². The molecular weight excluding hydrogens is 256 g/mol. The molecule has 7 nitrogen and oxygen atoms in total. The minimum atomic E-state index is -0.244. The molecule has 106 valence electrons. The molecule has 1 amide bonds. The molecule has 2 heterocycles. The first-order chi connectivity index (χ1) is 9.63. The highest BCUT2D eigenvalue weighted by Gasteiger charge is 2.10. The van der Waals surface area contributed by atoms with Crippen LogP contribution in [0.1, 0.15) is 28.7 Å². The number of anilines is 1. The van der Waals surface area contributed by atoms with E-state index in [0.717, 1.165) is 17.7 Å². The van der Waals surface area contributed by atoms with Crippen molar-refractivity contribution < 1.29 is 4.79 Å². The van der Waals surface area contributed by atoms with Crippen LogP contribution in [0.2, 0.25) is 0 Å². The molecule has 2 aromatic rings.